The summed E-state index contributed by atoms with van der Waals surface area (Å²) < 4.78 is 7.25. The molecule has 0 aliphatic carbocycles. The summed E-state index contributed by atoms with van der Waals surface area (Å²) in [6.07, 6.45) is 10.8. The van der Waals surface area contributed by atoms with E-state index in [-0.39, 0.29) is 24.7 Å². The van der Waals surface area contributed by atoms with Crippen LogP contribution < -0.4 is 5.32 Å². The summed E-state index contributed by atoms with van der Waals surface area (Å²) in [5, 5.41) is 35.8. The van der Waals surface area contributed by atoms with Gasteiger partial charge in [0.25, 0.3) is 5.91 Å². The highest BCUT2D eigenvalue weighted by Crippen LogP contribution is 2.26. The van der Waals surface area contributed by atoms with Gasteiger partial charge >= 0.3 is 0 Å². The van der Waals surface area contributed by atoms with Crippen molar-refractivity contribution in [1.29, 1.82) is 0 Å². The second kappa shape index (κ2) is 13.7. The van der Waals surface area contributed by atoms with Crippen LogP contribution in [0.5, 0.6) is 0 Å². The molecule has 0 bridgehead atoms. The fourth-order valence-corrected chi connectivity index (χ4v) is 3.99. The van der Waals surface area contributed by atoms with E-state index in [1.54, 1.807) is 24.0 Å². The van der Waals surface area contributed by atoms with Crippen LogP contribution in [0.25, 0.3) is 0 Å². The maximum atomic E-state index is 11.9. The van der Waals surface area contributed by atoms with Gasteiger partial charge in [-0.15, -0.1) is 0 Å². The third kappa shape index (κ3) is 8.34. The number of unbranched alkanes of at least 4 members (excludes halogenated alkanes) is 7. The smallest absolute Gasteiger partial charge is 0.269 e. The SMILES string of the molecule is Cn1nccc1C(=O)NCCCCCCCCCC[C@@H](O)[C@H]1CC[C@H]([C@H](O)CO)O1. The molecule has 1 fully saturated rings. The van der Waals surface area contributed by atoms with Crippen LogP contribution in [-0.2, 0) is 11.8 Å². The zero-order valence-corrected chi connectivity index (χ0v) is 18.2. The number of rotatable bonds is 15. The average Bonchev–Trinajstić information content (AvgIpc) is 3.40. The minimum absolute atomic E-state index is 0.0692. The van der Waals surface area contributed by atoms with E-state index in [9.17, 15) is 15.0 Å². The molecule has 172 valence electrons. The Morgan fingerprint density at radius 3 is 2.30 bits per heavy atom. The maximum Gasteiger partial charge on any atom is 0.269 e. The number of carbonyl (C=O) groups is 1. The summed E-state index contributed by atoms with van der Waals surface area (Å²) in [5.41, 5.74) is 0.585. The molecule has 1 aliphatic rings. The number of aryl methyl sites for hydroxylation is 1. The summed E-state index contributed by atoms with van der Waals surface area (Å²) >= 11 is 0. The Hall–Kier alpha value is -1.48. The Labute approximate surface area is 179 Å². The van der Waals surface area contributed by atoms with Gasteiger partial charge in [-0.05, 0) is 31.7 Å². The van der Waals surface area contributed by atoms with Crippen molar-refractivity contribution in [3.05, 3.63) is 18.0 Å². The van der Waals surface area contributed by atoms with E-state index in [1.807, 2.05) is 0 Å². The van der Waals surface area contributed by atoms with Gasteiger partial charge in [0.15, 0.2) is 0 Å². The van der Waals surface area contributed by atoms with Crippen molar-refractivity contribution in [2.24, 2.45) is 7.05 Å². The monoisotopic (exact) mass is 425 g/mol. The number of aliphatic hydroxyl groups excluding tert-OH is 3. The van der Waals surface area contributed by atoms with E-state index in [1.165, 1.54) is 25.7 Å². The van der Waals surface area contributed by atoms with Crippen LogP contribution in [0.3, 0.4) is 0 Å². The second-order valence-electron chi connectivity index (χ2n) is 8.32. The van der Waals surface area contributed by atoms with Crippen molar-refractivity contribution in [3.8, 4) is 0 Å². The average molecular weight is 426 g/mol. The van der Waals surface area contributed by atoms with Gasteiger partial charge in [0.2, 0.25) is 0 Å². The second-order valence-corrected chi connectivity index (χ2v) is 8.32. The molecule has 4 atom stereocenters. The number of amides is 1. The number of hydrogen-bond donors (Lipinski definition) is 4. The molecule has 1 aliphatic heterocycles. The highest BCUT2D eigenvalue weighted by molar-refractivity contribution is 5.92. The van der Waals surface area contributed by atoms with Crippen LogP contribution in [0.15, 0.2) is 12.3 Å². The molecule has 2 heterocycles. The predicted octanol–water partition coefficient (Wildman–Crippen LogP) is 1.92. The van der Waals surface area contributed by atoms with E-state index >= 15 is 0 Å². The van der Waals surface area contributed by atoms with E-state index in [0.29, 0.717) is 18.7 Å². The summed E-state index contributed by atoms with van der Waals surface area (Å²) in [7, 11) is 1.76. The first-order valence-electron chi connectivity index (χ1n) is 11.4. The van der Waals surface area contributed by atoms with Gasteiger partial charge in [-0.2, -0.15) is 5.10 Å². The number of nitrogens with one attached hydrogen (secondary N) is 1. The largest absolute Gasteiger partial charge is 0.394 e. The van der Waals surface area contributed by atoms with Crippen LogP contribution in [-0.4, -0.2) is 68.6 Å². The zero-order chi connectivity index (χ0) is 21.8. The molecular weight excluding hydrogens is 386 g/mol. The summed E-state index contributed by atoms with van der Waals surface area (Å²) in [4.78, 5) is 11.9. The number of nitrogens with zero attached hydrogens (tertiary/aromatic N) is 2. The van der Waals surface area contributed by atoms with Crippen LogP contribution in [0.2, 0.25) is 0 Å². The van der Waals surface area contributed by atoms with Crippen LogP contribution in [0.4, 0.5) is 0 Å². The number of hydrogen-bond acceptors (Lipinski definition) is 6. The minimum atomic E-state index is -0.848. The topological polar surface area (TPSA) is 117 Å². The van der Waals surface area contributed by atoms with E-state index in [2.05, 4.69) is 10.4 Å². The number of aromatic nitrogens is 2. The first kappa shape index (κ1) is 24.8. The molecule has 1 aromatic heterocycles. The van der Waals surface area contributed by atoms with E-state index in [4.69, 9.17) is 9.84 Å². The third-order valence-electron chi connectivity index (χ3n) is 5.90. The lowest BCUT2D eigenvalue weighted by molar-refractivity contribution is -0.0873. The first-order valence-corrected chi connectivity index (χ1v) is 11.4. The lowest BCUT2D eigenvalue weighted by atomic mass is 10.0. The van der Waals surface area contributed by atoms with Crippen molar-refractivity contribution in [1.82, 2.24) is 15.1 Å². The van der Waals surface area contributed by atoms with Crippen LogP contribution >= 0.6 is 0 Å². The van der Waals surface area contributed by atoms with Gasteiger partial charge in [-0.25, -0.2) is 0 Å². The van der Waals surface area contributed by atoms with Gasteiger partial charge in [-0.1, -0.05) is 44.9 Å². The van der Waals surface area contributed by atoms with Gasteiger partial charge in [0.05, 0.1) is 24.9 Å². The highest BCUT2D eigenvalue weighted by Gasteiger charge is 2.33. The van der Waals surface area contributed by atoms with Gasteiger partial charge in [-0.3, -0.25) is 9.48 Å². The van der Waals surface area contributed by atoms with Crippen molar-refractivity contribution < 1.29 is 24.9 Å². The molecule has 1 saturated heterocycles. The lowest BCUT2D eigenvalue weighted by Crippen LogP contribution is -2.32. The van der Waals surface area contributed by atoms with Gasteiger partial charge < -0.3 is 25.4 Å². The zero-order valence-electron chi connectivity index (χ0n) is 18.2. The molecule has 0 spiro atoms. The molecule has 8 nitrogen and oxygen atoms in total. The van der Waals surface area contributed by atoms with Crippen LogP contribution in [0, 0.1) is 0 Å². The Morgan fingerprint density at radius 1 is 1.10 bits per heavy atom. The molecule has 1 amide bonds. The maximum absolute atomic E-state index is 11.9. The van der Waals surface area contributed by atoms with Gasteiger partial charge in [0, 0.05) is 19.8 Å². The molecule has 8 heteroatoms. The quantitative estimate of drug-likeness (QED) is 0.319. The predicted molar refractivity (Wildman–Crippen MR) is 114 cm³/mol. The summed E-state index contributed by atoms with van der Waals surface area (Å²) in [6, 6.07) is 1.72. The van der Waals surface area contributed by atoms with Crippen molar-refractivity contribution >= 4 is 5.91 Å². The van der Waals surface area contributed by atoms with Gasteiger partial charge in [0.1, 0.15) is 11.8 Å². The molecule has 0 radical (unpaired) electrons. The van der Waals surface area contributed by atoms with Crippen molar-refractivity contribution in [2.45, 2.75) is 95.0 Å². The first-order chi connectivity index (χ1) is 14.5. The fourth-order valence-electron chi connectivity index (χ4n) is 3.99. The molecule has 2 rings (SSSR count). The Kier molecular flexibility index (Phi) is 11.4. The molecule has 4 N–H and O–H groups in total. The Bertz CT molecular complexity index is 609. The minimum Gasteiger partial charge on any atom is -0.394 e. The molecule has 0 unspecified atom stereocenters. The fraction of sp³-hybridized carbons (Fsp3) is 0.818. The standard InChI is InChI=1S/C22H39N3O5/c1-25-17(13-15-24-25)22(29)23-14-9-7-5-3-2-4-6-8-10-18(27)20-11-12-21(30-20)19(28)16-26/h13,15,18-21,26-28H,2-12,14,16H2,1H3,(H,23,29)/t18-,19-,20-,21-/m1/s1. The summed E-state index contributed by atoms with van der Waals surface area (Å²) in [5.74, 6) is -0.0692. The van der Waals surface area contributed by atoms with Crippen LogP contribution in [0.1, 0.15) is 81.1 Å². The molecular formula is C22H39N3O5. The lowest BCUT2D eigenvalue weighted by Gasteiger charge is -2.21. The van der Waals surface area contributed by atoms with E-state index < -0.39 is 12.2 Å². The van der Waals surface area contributed by atoms with Crippen molar-refractivity contribution in [3.63, 3.8) is 0 Å². The number of aliphatic hydroxyl groups is 3. The molecule has 30 heavy (non-hydrogen) atoms. The highest BCUT2D eigenvalue weighted by atomic mass is 16.5. The summed E-state index contributed by atoms with van der Waals surface area (Å²) in [6.45, 7) is 0.398. The molecule has 1 aromatic rings. The Morgan fingerprint density at radius 2 is 1.70 bits per heavy atom. The third-order valence-corrected chi connectivity index (χ3v) is 5.90. The number of ether oxygens (including phenoxy) is 1. The Balaban J connectivity index is 1.38. The molecule has 0 saturated carbocycles. The number of carbonyl (C=O) groups excluding carboxylic acids is 1. The normalized spacial score (nSPS) is 20.9. The van der Waals surface area contributed by atoms with Crippen molar-refractivity contribution in [2.75, 3.05) is 13.2 Å². The molecule has 0 aromatic carbocycles. The van der Waals surface area contributed by atoms with E-state index in [0.717, 1.165) is 38.5 Å².